The fourth-order valence-corrected chi connectivity index (χ4v) is 3.24. The molecule has 2 N–H and O–H groups in total. The van der Waals surface area contributed by atoms with Crippen LogP contribution in [0.25, 0.3) is 0 Å². The van der Waals surface area contributed by atoms with Crippen molar-refractivity contribution in [2.75, 3.05) is 0 Å². The van der Waals surface area contributed by atoms with Gasteiger partial charge in [-0.1, -0.05) is 13.8 Å². The highest BCUT2D eigenvalue weighted by Gasteiger charge is 2.42. The van der Waals surface area contributed by atoms with E-state index in [-0.39, 0.29) is 66.1 Å². The predicted molar refractivity (Wildman–Crippen MR) is 74.7 cm³/mol. The first-order chi connectivity index (χ1) is 9.79. The Hall–Kier alpha value is -1.85. The summed E-state index contributed by atoms with van der Waals surface area (Å²) < 4.78 is 0. The van der Waals surface area contributed by atoms with Gasteiger partial charge in [-0.2, -0.15) is 0 Å². The first-order valence-electron chi connectivity index (χ1n) is 7.27. The number of ketones is 2. The van der Waals surface area contributed by atoms with E-state index in [0.29, 0.717) is 6.42 Å². The molecule has 6 heteroatoms. The van der Waals surface area contributed by atoms with E-state index in [0.717, 1.165) is 0 Å². The molecule has 1 saturated heterocycles. The molecule has 0 spiro atoms. The molecule has 1 aliphatic carbocycles. The van der Waals surface area contributed by atoms with Crippen molar-refractivity contribution in [2.24, 2.45) is 23.7 Å². The Morgan fingerprint density at radius 2 is 1.52 bits per heavy atom. The van der Waals surface area contributed by atoms with E-state index in [2.05, 4.69) is 5.32 Å². The van der Waals surface area contributed by atoms with E-state index in [1.54, 1.807) is 13.8 Å². The normalized spacial score (nSPS) is 31.2. The Labute approximate surface area is 123 Å². The molecule has 2 amide bonds. The van der Waals surface area contributed by atoms with Crippen molar-refractivity contribution < 1.29 is 19.2 Å². The van der Waals surface area contributed by atoms with Crippen LogP contribution in [0.4, 0.5) is 0 Å². The van der Waals surface area contributed by atoms with Crippen LogP contribution >= 0.6 is 0 Å². The van der Waals surface area contributed by atoms with Gasteiger partial charge in [-0.15, -0.1) is 0 Å². The van der Waals surface area contributed by atoms with E-state index in [1.165, 1.54) is 0 Å². The molecule has 1 saturated carbocycles. The Kier molecular flexibility index (Phi) is 4.34. The third-order valence-electron chi connectivity index (χ3n) is 4.33. The van der Waals surface area contributed by atoms with Gasteiger partial charge in [-0.25, -0.2) is 0 Å². The second-order valence-electron chi connectivity index (χ2n) is 6.25. The largest absolute Gasteiger partial charge is 0.308 e. The number of carbonyl (C=O) groups is 4. The molecule has 6 nitrogen and oxygen atoms in total. The van der Waals surface area contributed by atoms with E-state index in [1.807, 2.05) is 0 Å². The molecule has 2 aliphatic rings. The minimum Gasteiger partial charge on any atom is -0.308 e. The predicted octanol–water partition coefficient (Wildman–Crippen LogP) is 0.879. The molecule has 0 aromatic heterocycles. The number of carbonyl (C=O) groups excluding carboxylic acids is 4. The third kappa shape index (κ3) is 3.25. The Morgan fingerprint density at radius 1 is 1.05 bits per heavy atom. The second kappa shape index (κ2) is 5.87. The van der Waals surface area contributed by atoms with Crippen molar-refractivity contribution in [3.8, 4) is 0 Å². The summed E-state index contributed by atoms with van der Waals surface area (Å²) in [5, 5.41) is 10.3. The number of nitrogens with one attached hydrogen (secondary N) is 2. The van der Waals surface area contributed by atoms with Crippen molar-refractivity contribution in [2.45, 2.75) is 39.5 Å². The maximum atomic E-state index is 12.2. The van der Waals surface area contributed by atoms with Gasteiger partial charge in [0, 0.05) is 30.4 Å². The number of rotatable bonds is 3. The zero-order valence-electron chi connectivity index (χ0n) is 12.3. The van der Waals surface area contributed by atoms with E-state index in [4.69, 9.17) is 5.41 Å². The van der Waals surface area contributed by atoms with Gasteiger partial charge in [0.1, 0.15) is 5.92 Å². The molecule has 0 unspecified atom stereocenters. The van der Waals surface area contributed by atoms with Crippen LogP contribution in [0.5, 0.6) is 0 Å². The van der Waals surface area contributed by atoms with E-state index in [9.17, 15) is 19.2 Å². The number of hydrogen-bond acceptors (Lipinski definition) is 5. The smallest absolute Gasteiger partial charge is 0.226 e. The van der Waals surface area contributed by atoms with Crippen molar-refractivity contribution in [3.63, 3.8) is 0 Å². The lowest BCUT2D eigenvalue weighted by molar-refractivity contribution is -0.138. The van der Waals surface area contributed by atoms with Crippen LogP contribution in [0.2, 0.25) is 0 Å². The first-order valence-corrected chi connectivity index (χ1v) is 7.27. The van der Waals surface area contributed by atoms with Crippen LogP contribution in [0, 0.1) is 29.1 Å². The summed E-state index contributed by atoms with van der Waals surface area (Å²) in [5.41, 5.74) is 0.0518. The van der Waals surface area contributed by atoms with Crippen LogP contribution in [-0.4, -0.2) is 29.1 Å². The number of Topliss-reactive ketones (excluding diaryl/α,β-unsaturated/α-hetero) is 2. The van der Waals surface area contributed by atoms with Gasteiger partial charge in [0.15, 0.2) is 11.6 Å². The van der Waals surface area contributed by atoms with Crippen molar-refractivity contribution in [1.82, 2.24) is 5.32 Å². The lowest BCUT2D eigenvalue weighted by Crippen LogP contribution is -2.45. The summed E-state index contributed by atoms with van der Waals surface area (Å²) >= 11 is 0. The zero-order valence-corrected chi connectivity index (χ0v) is 12.3. The highest BCUT2D eigenvalue weighted by molar-refractivity contribution is 6.22. The summed E-state index contributed by atoms with van der Waals surface area (Å²) in [5.74, 6) is -2.82. The Morgan fingerprint density at radius 3 is 2.00 bits per heavy atom. The van der Waals surface area contributed by atoms with Crippen molar-refractivity contribution in [3.05, 3.63) is 0 Å². The van der Waals surface area contributed by atoms with Gasteiger partial charge in [-0.3, -0.25) is 24.5 Å². The number of piperidine rings is 1. The summed E-state index contributed by atoms with van der Waals surface area (Å²) in [6.07, 6.45) is 1.01. The molecule has 21 heavy (non-hydrogen) atoms. The van der Waals surface area contributed by atoms with E-state index < -0.39 is 5.92 Å². The van der Waals surface area contributed by atoms with Crippen LogP contribution in [-0.2, 0) is 19.2 Å². The van der Waals surface area contributed by atoms with Crippen LogP contribution in [0.3, 0.4) is 0 Å². The quantitative estimate of drug-likeness (QED) is 0.457. The van der Waals surface area contributed by atoms with Gasteiger partial charge in [-0.05, 0) is 18.8 Å². The summed E-state index contributed by atoms with van der Waals surface area (Å²) in [6.45, 7) is 3.56. The highest BCUT2D eigenvalue weighted by Crippen LogP contribution is 2.30. The number of imide groups is 1. The average Bonchev–Trinajstić information content (AvgIpc) is 2.35. The van der Waals surface area contributed by atoms with Crippen LogP contribution < -0.4 is 5.32 Å². The monoisotopic (exact) mass is 292 g/mol. The maximum Gasteiger partial charge on any atom is 0.226 e. The van der Waals surface area contributed by atoms with E-state index >= 15 is 0 Å². The Bertz CT molecular complexity index is 490. The molecule has 0 bridgehead atoms. The number of hydrogen-bond donors (Lipinski definition) is 2. The maximum absolute atomic E-state index is 12.2. The van der Waals surface area contributed by atoms with Crippen molar-refractivity contribution >= 4 is 29.1 Å². The van der Waals surface area contributed by atoms with Crippen LogP contribution in [0.15, 0.2) is 0 Å². The van der Waals surface area contributed by atoms with Gasteiger partial charge >= 0.3 is 0 Å². The van der Waals surface area contributed by atoms with Crippen molar-refractivity contribution in [1.29, 1.82) is 5.41 Å². The van der Waals surface area contributed by atoms with Gasteiger partial charge in [0.2, 0.25) is 11.8 Å². The lowest BCUT2D eigenvalue weighted by Gasteiger charge is -2.30. The molecule has 114 valence electrons. The summed E-state index contributed by atoms with van der Waals surface area (Å²) in [6, 6.07) is 0. The fourth-order valence-electron chi connectivity index (χ4n) is 3.24. The lowest BCUT2D eigenvalue weighted by atomic mass is 9.71. The fraction of sp³-hybridized carbons (Fsp3) is 0.667. The standard InChI is InChI=1S/C15H20N2O4/c1-7-3-8(2)15(21)13(14(7)20)10(16)4-9-5-11(18)17-12(19)6-9/h7-9,13,16H,3-6H2,1-2H3,(H,17,18,19)/t7-,8-/m1/s1. The average molecular weight is 292 g/mol. The Balaban J connectivity index is 2.08. The highest BCUT2D eigenvalue weighted by atomic mass is 16.2. The van der Waals surface area contributed by atoms with Gasteiger partial charge in [0.25, 0.3) is 0 Å². The van der Waals surface area contributed by atoms with Crippen LogP contribution in [0.1, 0.15) is 39.5 Å². The van der Waals surface area contributed by atoms with Gasteiger partial charge < -0.3 is 5.41 Å². The first kappa shape index (κ1) is 15.5. The second-order valence-corrected chi connectivity index (χ2v) is 6.25. The van der Waals surface area contributed by atoms with Gasteiger partial charge in [0.05, 0.1) is 0 Å². The molecule has 0 aromatic rings. The molecule has 1 aliphatic heterocycles. The third-order valence-corrected chi connectivity index (χ3v) is 4.33. The molecule has 2 atom stereocenters. The molecular formula is C15H20N2O4. The minimum atomic E-state index is -0.983. The molecule has 2 fully saturated rings. The zero-order chi connectivity index (χ0) is 15.7. The topological polar surface area (TPSA) is 104 Å². The molecule has 0 aromatic carbocycles. The molecule has 0 radical (unpaired) electrons. The summed E-state index contributed by atoms with van der Waals surface area (Å²) in [7, 11) is 0. The molecule has 2 rings (SSSR count). The molecule has 1 heterocycles. The SMILES string of the molecule is C[C@@H]1C[C@@H](C)C(=O)C(C(=N)CC2CC(=O)NC(=O)C2)C1=O. The minimum absolute atomic E-state index is 0.0518. The summed E-state index contributed by atoms with van der Waals surface area (Å²) in [4.78, 5) is 47.0. The number of amides is 2. The molecular weight excluding hydrogens is 272 g/mol.